The number of likely N-dealkylation sites (tertiary alicyclic amines) is 1. The third-order valence-electron chi connectivity index (χ3n) is 5.87. The van der Waals surface area contributed by atoms with Crippen molar-refractivity contribution in [2.75, 3.05) is 18.4 Å². The molecule has 0 saturated carbocycles. The van der Waals surface area contributed by atoms with Gasteiger partial charge in [-0.3, -0.25) is 19.4 Å². The number of fused-ring (bicyclic) bond motifs is 1. The van der Waals surface area contributed by atoms with E-state index in [0.717, 1.165) is 31.2 Å². The van der Waals surface area contributed by atoms with Crippen molar-refractivity contribution in [1.82, 2.24) is 14.6 Å². The van der Waals surface area contributed by atoms with E-state index in [2.05, 4.69) is 31.8 Å². The van der Waals surface area contributed by atoms with Crippen molar-refractivity contribution < 1.29 is 13.2 Å². The minimum Gasteiger partial charge on any atom is -0.300 e. The number of carbonyl (C=O) groups is 1. The molecule has 2 N–H and O–H groups in total. The second kappa shape index (κ2) is 9.29. The van der Waals surface area contributed by atoms with E-state index < -0.39 is 16.1 Å². The first kappa shape index (κ1) is 22.9. The van der Waals surface area contributed by atoms with Gasteiger partial charge in [-0.1, -0.05) is 32.9 Å². The fourth-order valence-corrected chi connectivity index (χ4v) is 5.89. The third kappa shape index (κ3) is 5.02. The Balaban J connectivity index is 1.46. The zero-order valence-corrected chi connectivity index (χ0v) is 20.2. The number of piperidine rings is 1. The van der Waals surface area contributed by atoms with Crippen LogP contribution in [0.5, 0.6) is 0 Å². The molecule has 1 amide bonds. The van der Waals surface area contributed by atoms with Crippen molar-refractivity contribution in [3.8, 4) is 0 Å². The molecule has 0 bridgehead atoms. The van der Waals surface area contributed by atoms with Gasteiger partial charge in [0.1, 0.15) is 11.9 Å². The number of hydrogen-bond donors (Lipinski definition) is 2. The van der Waals surface area contributed by atoms with Gasteiger partial charge in [0.25, 0.3) is 15.9 Å². The molecule has 8 nitrogen and oxygen atoms in total. The minimum absolute atomic E-state index is 0.130. The number of aliphatic imine (C=N–C) groups is 1. The summed E-state index contributed by atoms with van der Waals surface area (Å²) in [6, 6.07) is 5.88. The number of hydrogen-bond acceptors (Lipinski definition) is 7. The Morgan fingerprint density at radius 3 is 2.75 bits per heavy atom. The summed E-state index contributed by atoms with van der Waals surface area (Å²) in [5.41, 5.74) is 1.43. The Bertz CT molecular complexity index is 1120. The van der Waals surface area contributed by atoms with Crippen molar-refractivity contribution >= 4 is 38.2 Å². The van der Waals surface area contributed by atoms with E-state index in [9.17, 15) is 13.2 Å². The van der Waals surface area contributed by atoms with Crippen LogP contribution in [0.1, 0.15) is 44.9 Å². The number of rotatable bonds is 6. The highest BCUT2D eigenvalue weighted by molar-refractivity contribution is 7.90. The van der Waals surface area contributed by atoms with E-state index in [0.29, 0.717) is 10.7 Å². The van der Waals surface area contributed by atoms with Crippen molar-refractivity contribution in [3.63, 3.8) is 0 Å². The van der Waals surface area contributed by atoms with Crippen molar-refractivity contribution in [3.05, 3.63) is 40.9 Å². The highest BCUT2D eigenvalue weighted by Crippen LogP contribution is 2.25. The van der Waals surface area contributed by atoms with Crippen molar-refractivity contribution in [1.29, 1.82) is 0 Å². The molecular weight excluding hydrogens is 446 g/mol. The van der Waals surface area contributed by atoms with Gasteiger partial charge in [0.2, 0.25) is 0 Å². The van der Waals surface area contributed by atoms with Gasteiger partial charge >= 0.3 is 0 Å². The molecule has 4 rings (SSSR count). The largest absolute Gasteiger partial charge is 0.300 e. The van der Waals surface area contributed by atoms with Crippen LogP contribution in [0.2, 0.25) is 0 Å². The van der Waals surface area contributed by atoms with Crippen molar-refractivity contribution in [2.24, 2.45) is 16.8 Å². The quantitative estimate of drug-likeness (QED) is 0.668. The maximum absolute atomic E-state index is 13.0. The van der Waals surface area contributed by atoms with Gasteiger partial charge < -0.3 is 5.32 Å². The average molecular weight is 476 g/mol. The number of amides is 1. The van der Waals surface area contributed by atoms with Crippen LogP contribution < -0.4 is 10.0 Å². The Labute approximate surface area is 193 Å². The Hall–Kier alpha value is -2.30. The smallest absolute Gasteiger partial charge is 0.263 e. The lowest BCUT2D eigenvalue weighted by Crippen LogP contribution is -2.34. The van der Waals surface area contributed by atoms with Crippen LogP contribution in [-0.4, -0.2) is 49.2 Å². The lowest BCUT2D eigenvalue weighted by Gasteiger charge is -2.29. The van der Waals surface area contributed by atoms with E-state index >= 15 is 0 Å². The van der Waals surface area contributed by atoms with Crippen LogP contribution in [-0.2, 0) is 21.4 Å². The van der Waals surface area contributed by atoms with E-state index in [-0.39, 0.29) is 22.6 Å². The number of amidine groups is 1. The molecule has 1 fully saturated rings. The van der Waals surface area contributed by atoms with Crippen LogP contribution in [0.4, 0.5) is 5.13 Å². The number of carbonyl (C=O) groups excluding carboxylic acids is 1. The van der Waals surface area contributed by atoms with E-state index in [4.69, 9.17) is 0 Å². The van der Waals surface area contributed by atoms with Gasteiger partial charge in [-0.25, -0.2) is 13.4 Å². The van der Waals surface area contributed by atoms with Gasteiger partial charge in [-0.15, -0.1) is 11.3 Å². The number of sulfonamides is 1. The second-order valence-corrected chi connectivity index (χ2v) is 11.4. The third-order valence-corrected chi connectivity index (χ3v) is 8.08. The topological polar surface area (TPSA) is 104 Å². The second-order valence-electron chi connectivity index (χ2n) is 8.86. The van der Waals surface area contributed by atoms with Crippen LogP contribution in [0.3, 0.4) is 0 Å². The zero-order valence-electron chi connectivity index (χ0n) is 18.5. The van der Waals surface area contributed by atoms with E-state index in [1.54, 1.807) is 18.2 Å². The van der Waals surface area contributed by atoms with Gasteiger partial charge in [-0.2, -0.15) is 0 Å². The number of thiazole rings is 1. The highest BCUT2D eigenvalue weighted by atomic mass is 32.2. The summed E-state index contributed by atoms with van der Waals surface area (Å²) in [5.74, 6) is 0.550. The summed E-state index contributed by atoms with van der Waals surface area (Å²) in [4.78, 5) is 24.7. The van der Waals surface area contributed by atoms with Gasteiger partial charge in [-0.05, 0) is 49.9 Å². The molecule has 0 radical (unpaired) electrons. The lowest BCUT2D eigenvalue weighted by molar-refractivity contribution is -0.118. The van der Waals surface area contributed by atoms with E-state index in [1.165, 1.54) is 30.2 Å². The molecule has 2 aromatic rings. The number of benzene rings is 1. The standard InChI is InChI=1S/C22H29N5O3S2/c1-14(2)19(24-20-17-6-4-5-7-18(17)32(29,30)26-20)21(28)25-22-23-16(13-31-22)12-27-10-8-15(3)9-11-27/h4-7,13-15,19H,8-12H2,1-3H3,(H,24,26)(H,23,25,28)/t19-/m0/s1. The number of aromatic nitrogens is 1. The molecule has 1 saturated heterocycles. The number of nitrogens with zero attached hydrogens (tertiary/aromatic N) is 3. The molecule has 2 aliphatic rings. The molecule has 1 aromatic heterocycles. The molecule has 32 heavy (non-hydrogen) atoms. The van der Waals surface area contributed by atoms with Crippen LogP contribution in [0.25, 0.3) is 0 Å². The number of anilines is 1. The first-order valence-electron chi connectivity index (χ1n) is 10.9. The molecular formula is C22H29N5O3S2. The molecule has 0 unspecified atom stereocenters. The van der Waals surface area contributed by atoms with Crippen LogP contribution in [0.15, 0.2) is 39.5 Å². The van der Waals surface area contributed by atoms with Gasteiger partial charge in [0.15, 0.2) is 5.13 Å². The molecule has 1 aromatic carbocycles. The monoisotopic (exact) mass is 475 g/mol. The Kier molecular flexibility index (Phi) is 6.64. The molecule has 0 spiro atoms. The average Bonchev–Trinajstić information content (AvgIpc) is 3.29. The van der Waals surface area contributed by atoms with E-state index in [1.807, 2.05) is 19.2 Å². The Morgan fingerprint density at radius 2 is 2.03 bits per heavy atom. The summed E-state index contributed by atoms with van der Waals surface area (Å²) in [6.07, 6.45) is 2.41. The molecule has 2 aliphatic heterocycles. The normalized spacial score (nSPS) is 20.8. The maximum atomic E-state index is 13.0. The lowest BCUT2D eigenvalue weighted by atomic mass is 9.99. The fourth-order valence-electron chi connectivity index (χ4n) is 3.94. The maximum Gasteiger partial charge on any atom is 0.263 e. The summed E-state index contributed by atoms with van der Waals surface area (Å²) in [6.45, 7) is 8.99. The highest BCUT2D eigenvalue weighted by Gasteiger charge is 2.32. The summed E-state index contributed by atoms with van der Waals surface area (Å²) in [7, 11) is -3.65. The summed E-state index contributed by atoms with van der Waals surface area (Å²) in [5, 5.41) is 5.39. The van der Waals surface area contributed by atoms with Crippen LogP contribution in [0, 0.1) is 11.8 Å². The minimum atomic E-state index is -3.65. The predicted octanol–water partition coefficient (Wildman–Crippen LogP) is 3.08. The SMILES string of the molecule is CC1CCN(Cc2csc(NC(=O)[C@@H](N=C3NS(=O)(=O)c4ccccc43)C(C)C)n2)CC1. The molecule has 172 valence electrons. The first-order valence-corrected chi connectivity index (χ1v) is 13.3. The molecule has 10 heteroatoms. The fraction of sp³-hybridized carbons (Fsp3) is 0.500. The first-order chi connectivity index (χ1) is 15.2. The van der Waals surface area contributed by atoms with Crippen molar-refractivity contribution in [2.45, 2.75) is 51.1 Å². The number of nitrogens with one attached hydrogen (secondary N) is 2. The summed E-state index contributed by atoms with van der Waals surface area (Å²) >= 11 is 1.40. The molecule has 0 aliphatic carbocycles. The Morgan fingerprint density at radius 1 is 1.31 bits per heavy atom. The van der Waals surface area contributed by atoms with Crippen LogP contribution >= 0.6 is 11.3 Å². The molecule has 3 heterocycles. The van der Waals surface area contributed by atoms with Gasteiger partial charge in [0, 0.05) is 17.5 Å². The van der Waals surface area contributed by atoms with Gasteiger partial charge in [0.05, 0.1) is 10.6 Å². The molecule has 1 atom stereocenters. The predicted molar refractivity (Wildman–Crippen MR) is 126 cm³/mol. The summed E-state index contributed by atoms with van der Waals surface area (Å²) < 4.78 is 27.2. The zero-order chi connectivity index (χ0) is 22.9.